The fourth-order valence-electron chi connectivity index (χ4n) is 4.24. The van der Waals surface area contributed by atoms with Crippen LogP contribution >= 0.6 is 0 Å². The molecule has 2 heterocycles. The fourth-order valence-corrected chi connectivity index (χ4v) is 4.24. The molecule has 2 aliphatic rings. The summed E-state index contributed by atoms with van der Waals surface area (Å²) in [6.07, 6.45) is 4.05. The first-order valence-corrected chi connectivity index (χ1v) is 10.8. The molecule has 2 amide bonds. The van der Waals surface area contributed by atoms with Crippen molar-refractivity contribution in [1.29, 1.82) is 0 Å². The zero-order valence-corrected chi connectivity index (χ0v) is 18.0. The smallest absolute Gasteiger partial charge is 0.276 e. The Morgan fingerprint density at radius 1 is 1.20 bits per heavy atom. The highest BCUT2D eigenvalue weighted by Gasteiger charge is 2.33. The van der Waals surface area contributed by atoms with E-state index in [4.69, 9.17) is 5.73 Å². The Morgan fingerprint density at radius 2 is 1.93 bits per heavy atom. The van der Waals surface area contributed by atoms with Crippen molar-refractivity contribution in [2.45, 2.75) is 70.5 Å². The molecule has 0 radical (unpaired) electrons. The minimum Gasteiger partial charge on any atom is -0.368 e. The number of aromatic nitrogens is 2. The highest BCUT2D eigenvalue weighted by atomic mass is 16.2. The number of carbonyl (C=O) groups excluding carboxylic acids is 2. The van der Waals surface area contributed by atoms with Gasteiger partial charge in [0.25, 0.3) is 5.91 Å². The molecule has 3 N–H and O–H groups in total. The number of benzene rings is 1. The van der Waals surface area contributed by atoms with Crippen molar-refractivity contribution in [3.63, 3.8) is 0 Å². The average Bonchev–Trinajstić information content (AvgIpc) is 3.23. The van der Waals surface area contributed by atoms with Crippen molar-refractivity contribution in [2.24, 2.45) is 5.73 Å². The Hall–Kier alpha value is -2.67. The van der Waals surface area contributed by atoms with Crippen LogP contribution in [0.3, 0.4) is 0 Å². The number of para-hydroxylation sites is 1. The minimum atomic E-state index is -0.283. The first-order chi connectivity index (χ1) is 14.2. The Balaban J connectivity index is 1.54. The molecule has 2 fully saturated rings. The molecule has 1 aliphatic heterocycles. The van der Waals surface area contributed by atoms with Gasteiger partial charge in [-0.05, 0) is 70.7 Å². The largest absolute Gasteiger partial charge is 0.368 e. The number of anilines is 1. The standard InChI is InChI=1S/C23H31N5O2/c1-23(2,3)28-20(15-10-11-15)13-18(26-28)22(30)25-17-8-5-4-7-16(17)14-27-12-6-9-19(27)21(24)29/h4-5,7-8,13,15,19H,6,9-12,14H2,1-3H3,(H2,24,29)(H,25,30). The van der Waals surface area contributed by atoms with Crippen LogP contribution in [0, 0.1) is 0 Å². The normalized spacial score (nSPS) is 19.8. The lowest BCUT2D eigenvalue weighted by atomic mass is 10.1. The molecule has 1 aromatic heterocycles. The SMILES string of the molecule is CC(C)(C)n1nc(C(=O)Nc2ccccc2CN2CCCC2C(N)=O)cc1C1CC1. The van der Waals surface area contributed by atoms with Crippen molar-refractivity contribution in [1.82, 2.24) is 14.7 Å². The van der Waals surface area contributed by atoms with E-state index in [2.05, 4.69) is 36.1 Å². The van der Waals surface area contributed by atoms with Gasteiger partial charge in [0, 0.05) is 23.8 Å². The van der Waals surface area contributed by atoms with Gasteiger partial charge in [0.2, 0.25) is 5.91 Å². The Kier molecular flexibility index (Phi) is 5.40. The number of nitrogens with one attached hydrogen (secondary N) is 1. The lowest BCUT2D eigenvalue weighted by molar-refractivity contribution is -0.122. The predicted octanol–water partition coefficient (Wildman–Crippen LogP) is 3.22. The number of rotatable bonds is 6. The molecule has 160 valence electrons. The van der Waals surface area contributed by atoms with Crippen molar-refractivity contribution < 1.29 is 9.59 Å². The monoisotopic (exact) mass is 409 g/mol. The molecule has 1 aliphatic carbocycles. The van der Waals surface area contributed by atoms with Crippen LogP contribution in [0.5, 0.6) is 0 Å². The fraction of sp³-hybridized carbons (Fsp3) is 0.522. The van der Waals surface area contributed by atoms with Gasteiger partial charge in [0.05, 0.1) is 11.6 Å². The zero-order chi connectivity index (χ0) is 21.5. The van der Waals surface area contributed by atoms with Gasteiger partial charge < -0.3 is 11.1 Å². The van der Waals surface area contributed by atoms with E-state index in [0.717, 1.165) is 49.2 Å². The first-order valence-electron chi connectivity index (χ1n) is 10.8. The minimum absolute atomic E-state index is 0.173. The molecule has 1 saturated heterocycles. The van der Waals surface area contributed by atoms with Gasteiger partial charge in [-0.2, -0.15) is 5.10 Å². The van der Waals surface area contributed by atoms with Crippen LogP contribution in [0.2, 0.25) is 0 Å². The van der Waals surface area contributed by atoms with Crippen molar-refractivity contribution in [3.05, 3.63) is 47.3 Å². The average molecular weight is 410 g/mol. The molecule has 1 unspecified atom stereocenters. The van der Waals surface area contributed by atoms with Crippen LogP contribution in [0.25, 0.3) is 0 Å². The van der Waals surface area contributed by atoms with Gasteiger partial charge in [-0.3, -0.25) is 19.2 Å². The first kappa shape index (κ1) is 20.6. The molecular weight excluding hydrogens is 378 g/mol. The topological polar surface area (TPSA) is 93.2 Å². The number of nitrogens with zero attached hydrogens (tertiary/aromatic N) is 3. The molecule has 1 aromatic carbocycles. The van der Waals surface area contributed by atoms with E-state index in [1.54, 1.807) is 0 Å². The highest BCUT2D eigenvalue weighted by Crippen LogP contribution is 2.41. The van der Waals surface area contributed by atoms with E-state index >= 15 is 0 Å². The van der Waals surface area contributed by atoms with Gasteiger partial charge >= 0.3 is 0 Å². The number of primary amides is 1. The van der Waals surface area contributed by atoms with Gasteiger partial charge in [-0.25, -0.2) is 0 Å². The molecule has 1 atom stereocenters. The summed E-state index contributed by atoms with van der Waals surface area (Å²) in [4.78, 5) is 26.9. The van der Waals surface area contributed by atoms with Crippen LogP contribution < -0.4 is 11.1 Å². The van der Waals surface area contributed by atoms with E-state index in [-0.39, 0.29) is 23.4 Å². The lowest BCUT2D eigenvalue weighted by Crippen LogP contribution is -2.39. The summed E-state index contributed by atoms with van der Waals surface area (Å²) in [6.45, 7) is 7.72. The number of nitrogens with two attached hydrogens (primary N) is 1. The molecule has 1 saturated carbocycles. The Bertz CT molecular complexity index is 955. The molecule has 0 bridgehead atoms. The molecule has 0 spiro atoms. The van der Waals surface area contributed by atoms with E-state index in [0.29, 0.717) is 18.2 Å². The molecule has 7 heteroatoms. The third-order valence-electron chi connectivity index (χ3n) is 5.93. The molecule has 7 nitrogen and oxygen atoms in total. The summed E-state index contributed by atoms with van der Waals surface area (Å²) in [5.41, 5.74) is 8.68. The zero-order valence-electron chi connectivity index (χ0n) is 18.0. The third kappa shape index (κ3) is 4.26. The maximum absolute atomic E-state index is 13.0. The van der Waals surface area contributed by atoms with Crippen molar-refractivity contribution >= 4 is 17.5 Å². The quantitative estimate of drug-likeness (QED) is 0.766. The second-order valence-corrected chi connectivity index (χ2v) is 9.45. The van der Waals surface area contributed by atoms with Crippen LogP contribution in [0.15, 0.2) is 30.3 Å². The van der Waals surface area contributed by atoms with E-state index in [9.17, 15) is 9.59 Å². The summed E-state index contributed by atoms with van der Waals surface area (Å²) in [5, 5.41) is 7.68. The number of carbonyl (C=O) groups is 2. The van der Waals surface area contributed by atoms with E-state index in [1.165, 1.54) is 0 Å². The second-order valence-electron chi connectivity index (χ2n) is 9.45. The predicted molar refractivity (Wildman–Crippen MR) is 116 cm³/mol. The second kappa shape index (κ2) is 7.87. The van der Waals surface area contributed by atoms with Crippen LogP contribution in [0.4, 0.5) is 5.69 Å². The van der Waals surface area contributed by atoms with Gasteiger partial charge in [-0.1, -0.05) is 18.2 Å². The van der Waals surface area contributed by atoms with E-state index in [1.807, 2.05) is 35.0 Å². The Morgan fingerprint density at radius 3 is 2.60 bits per heavy atom. The number of likely N-dealkylation sites (tertiary alicyclic amines) is 1. The lowest BCUT2D eigenvalue weighted by Gasteiger charge is -2.23. The Labute approximate surface area is 177 Å². The van der Waals surface area contributed by atoms with Gasteiger partial charge in [0.15, 0.2) is 5.69 Å². The van der Waals surface area contributed by atoms with E-state index < -0.39 is 0 Å². The molecule has 4 rings (SSSR count). The number of hydrogen-bond donors (Lipinski definition) is 2. The molecule has 30 heavy (non-hydrogen) atoms. The summed E-state index contributed by atoms with van der Waals surface area (Å²) in [5.74, 6) is 0.0148. The summed E-state index contributed by atoms with van der Waals surface area (Å²) in [7, 11) is 0. The van der Waals surface area contributed by atoms with Crippen molar-refractivity contribution in [2.75, 3.05) is 11.9 Å². The van der Waals surface area contributed by atoms with Crippen LogP contribution in [0.1, 0.15) is 74.1 Å². The summed E-state index contributed by atoms with van der Waals surface area (Å²) >= 11 is 0. The van der Waals surface area contributed by atoms with Gasteiger partial charge in [0.1, 0.15) is 0 Å². The maximum atomic E-state index is 13.0. The highest BCUT2D eigenvalue weighted by molar-refractivity contribution is 6.03. The van der Waals surface area contributed by atoms with Crippen LogP contribution in [-0.2, 0) is 16.9 Å². The van der Waals surface area contributed by atoms with Gasteiger partial charge in [-0.15, -0.1) is 0 Å². The maximum Gasteiger partial charge on any atom is 0.276 e. The van der Waals surface area contributed by atoms with Crippen LogP contribution in [-0.4, -0.2) is 39.1 Å². The molecule has 2 aromatic rings. The summed E-state index contributed by atoms with van der Waals surface area (Å²) in [6, 6.07) is 9.42. The summed E-state index contributed by atoms with van der Waals surface area (Å²) < 4.78 is 1.99. The number of hydrogen-bond acceptors (Lipinski definition) is 4. The molecular formula is C23H31N5O2. The van der Waals surface area contributed by atoms with Crippen molar-refractivity contribution in [3.8, 4) is 0 Å². The number of amides is 2. The third-order valence-corrected chi connectivity index (χ3v) is 5.93.